The molecule has 0 N–H and O–H groups in total. The molecule has 0 amide bonds. The van der Waals surface area contributed by atoms with E-state index in [4.69, 9.17) is 23.2 Å². The first-order chi connectivity index (χ1) is 9.10. The molecule has 0 bridgehead atoms. The zero-order valence-corrected chi connectivity index (χ0v) is 11.6. The second kappa shape index (κ2) is 6.36. The molecule has 2 rings (SSSR count). The quantitative estimate of drug-likeness (QED) is 0.682. The number of rotatable bonds is 4. The smallest absolute Gasteiger partial charge is 0.126 e. The maximum Gasteiger partial charge on any atom is 0.126 e. The van der Waals surface area contributed by atoms with Crippen molar-refractivity contribution in [1.29, 1.82) is 0 Å². The highest BCUT2D eigenvalue weighted by Crippen LogP contribution is 2.26. The Bertz CT molecular complexity index is 570. The lowest BCUT2D eigenvalue weighted by atomic mass is 9.93. The van der Waals surface area contributed by atoms with Crippen LogP contribution in [-0.4, -0.2) is 5.88 Å². The monoisotopic (exact) mass is 300 g/mol. The second-order valence-corrected chi connectivity index (χ2v) is 5.09. The Kier molecular flexibility index (Phi) is 4.78. The standard InChI is InChI=1S/C15H12Cl2F2/c16-9-12(10-2-1-3-13(17)7-10)6-11-8-14(18)4-5-15(11)19/h1-5,7-8,12H,6,9H2. The number of hydrogen-bond donors (Lipinski definition) is 0. The summed E-state index contributed by atoms with van der Waals surface area (Å²) >= 11 is 11.9. The summed E-state index contributed by atoms with van der Waals surface area (Å²) in [7, 11) is 0. The van der Waals surface area contributed by atoms with Gasteiger partial charge in [0, 0.05) is 16.8 Å². The van der Waals surface area contributed by atoms with Crippen molar-refractivity contribution in [3.63, 3.8) is 0 Å². The minimum atomic E-state index is -0.448. The molecule has 2 aromatic rings. The first kappa shape index (κ1) is 14.3. The van der Waals surface area contributed by atoms with Crippen LogP contribution in [0.5, 0.6) is 0 Å². The molecule has 0 saturated heterocycles. The molecule has 0 aliphatic heterocycles. The van der Waals surface area contributed by atoms with Crippen molar-refractivity contribution < 1.29 is 8.78 Å². The third-order valence-corrected chi connectivity index (χ3v) is 3.59. The van der Waals surface area contributed by atoms with Crippen LogP contribution in [0.25, 0.3) is 0 Å². The summed E-state index contributed by atoms with van der Waals surface area (Å²) in [6.45, 7) is 0. The van der Waals surface area contributed by atoms with Gasteiger partial charge in [0.15, 0.2) is 0 Å². The first-order valence-electron chi connectivity index (χ1n) is 5.85. The highest BCUT2D eigenvalue weighted by molar-refractivity contribution is 6.30. The lowest BCUT2D eigenvalue weighted by molar-refractivity contribution is 0.576. The molecule has 0 saturated carbocycles. The lowest BCUT2D eigenvalue weighted by Crippen LogP contribution is -2.06. The van der Waals surface area contributed by atoms with E-state index >= 15 is 0 Å². The van der Waals surface area contributed by atoms with Crippen LogP contribution in [0.2, 0.25) is 5.02 Å². The Balaban J connectivity index is 2.26. The summed E-state index contributed by atoms with van der Waals surface area (Å²) in [5, 5.41) is 0.604. The van der Waals surface area contributed by atoms with Crippen molar-refractivity contribution in [3.05, 3.63) is 70.2 Å². The number of hydrogen-bond acceptors (Lipinski definition) is 0. The highest BCUT2D eigenvalue weighted by atomic mass is 35.5. The third-order valence-electron chi connectivity index (χ3n) is 2.98. The molecule has 1 unspecified atom stereocenters. The van der Waals surface area contributed by atoms with Crippen molar-refractivity contribution in [2.45, 2.75) is 12.3 Å². The van der Waals surface area contributed by atoms with Crippen LogP contribution in [0.15, 0.2) is 42.5 Å². The van der Waals surface area contributed by atoms with Gasteiger partial charge >= 0.3 is 0 Å². The number of benzene rings is 2. The topological polar surface area (TPSA) is 0 Å². The average Bonchev–Trinajstić information content (AvgIpc) is 2.39. The Morgan fingerprint density at radius 1 is 1.05 bits per heavy atom. The van der Waals surface area contributed by atoms with Gasteiger partial charge in [-0.15, -0.1) is 11.6 Å². The average molecular weight is 301 g/mol. The summed E-state index contributed by atoms with van der Waals surface area (Å²) in [5.74, 6) is -0.651. The van der Waals surface area contributed by atoms with Gasteiger partial charge in [-0.1, -0.05) is 23.7 Å². The van der Waals surface area contributed by atoms with Gasteiger partial charge in [-0.2, -0.15) is 0 Å². The minimum Gasteiger partial charge on any atom is -0.207 e. The van der Waals surface area contributed by atoms with E-state index < -0.39 is 11.6 Å². The molecule has 19 heavy (non-hydrogen) atoms. The van der Waals surface area contributed by atoms with E-state index in [2.05, 4.69) is 0 Å². The maximum absolute atomic E-state index is 13.6. The van der Waals surface area contributed by atoms with Gasteiger partial charge in [0.1, 0.15) is 11.6 Å². The SMILES string of the molecule is Fc1ccc(F)c(CC(CCl)c2cccc(Cl)c2)c1. The Hall–Kier alpha value is -1.12. The summed E-state index contributed by atoms with van der Waals surface area (Å²) in [4.78, 5) is 0. The highest BCUT2D eigenvalue weighted by Gasteiger charge is 2.14. The van der Waals surface area contributed by atoms with Crippen molar-refractivity contribution in [2.24, 2.45) is 0 Å². The van der Waals surface area contributed by atoms with Gasteiger partial charge in [0.05, 0.1) is 0 Å². The molecule has 0 aliphatic carbocycles. The van der Waals surface area contributed by atoms with Crippen LogP contribution in [0, 0.1) is 11.6 Å². The van der Waals surface area contributed by atoms with Gasteiger partial charge in [0.2, 0.25) is 0 Å². The summed E-state index contributed by atoms with van der Waals surface area (Å²) < 4.78 is 26.8. The van der Waals surface area contributed by atoms with Crippen LogP contribution in [0.3, 0.4) is 0 Å². The van der Waals surface area contributed by atoms with Crippen LogP contribution in [-0.2, 0) is 6.42 Å². The Labute approximate surface area is 121 Å². The number of alkyl halides is 1. The molecule has 4 heteroatoms. The Morgan fingerprint density at radius 3 is 2.53 bits per heavy atom. The molecule has 0 nitrogen and oxygen atoms in total. The van der Waals surface area contributed by atoms with Gasteiger partial charge in [0.25, 0.3) is 0 Å². The zero-order valence-electron chi connectivity index (χ0n) is 10.0. The van der Waals surface area contributed by atoms with E-state index in [1.165, 1.54) is 6.07 Å². The van der Waals surface area contributed by atoms with Crippen molar-refractivity contribution in [2.75, 3.05) is 5.88 Å². The lowest BCUT2D eigenvalue weighted by Gasteiger charge is -2.15. The van der Waals surface area contributed by atoms with Gasteiger partial charge in [-0.05, 0) is 47.9 Å². The normalized spacial score (nSPS) is 12.4. The zero-order chi connectivity index (χ0) is 13.8. The van der Waals surface area contributed by atoms with Gasteiger partial charge in [-0.25, -0.2) is 8.78 Å². The van der Waals surface area contributed by atoms with E-state index in [1.807, 2.05) is 12.1 Å². The summed E-state index contributed by atoms with van der Waals surface area (Å²) in [6, 6.07) is 10.7. The second-order valence-electron chi connectivity index (χ2n) is 4.35. The molecule has 1 atom stereocenters. The molecule has 0 radical (unpaired) electrons. The van der Waals surface area contributed by atoms with Crippen molar-refractivity contribution in [1.82, 2.24) is 0 Å². The van der Waals surface area contributed by atoms with E-state index in [9.17, 15) is 8.78 Å². The fourth-order valence-electron chi connectivity index (χ4n) is 1.99. The number of halogens is 4. The van der Waals surface area contributed by atoms with E-state index in [0.29, 0.717) is 22.9 Å². The molecular weight excluding hydrogens is 289 g/mol. The summed E-state index contributed by atoms with van der Waals surface area (Å²) in [6.07, 6.45) is 0.341. The Morgan fingerprint density at radius 2 is 1.84 bits per heavy atom. The van der Waals surface area contributed by atoms with Crippen LogP contribution < -0.4 is 0 Å². The fourth-order valence-corrected chi connectivity index (χ4v) is 2.47. The van der Waals surface area contributed by atoms with Crippen LogP contribution in [0.1, 0.15) is 17.0 Å². The molecule has 0 spiro atoms. The van der Waals surface area contributed by atoms with Gasteiger partial charge < -0.3 is 0 Å². The van der Waals surface area contributed by atoms with Crippen LogP contribution >= 0.6 is 23.2 Å². The molecule has 0 fully saturated rings. The molecule has 100 valence electrons. The fraction of sp³-hybridized carbons (Fsp3) is 0.200. The predicted octanol–water partition coefficient (Wildman–Crippen LogP) is 5.18. The molecule has 0 aromatic heterocycles. The van der Waals surface area contributed by atoms with E-state index in [-0.39, 0.29) is 5.92 Å². The molecular formula is C15H12Cl2F2. The molecule has 0 aliphatic rings. The van der Waals surface area contributed by atoms with Gasteiger partial charge in [-0.3, -0.25) is 0 Å². The van der Waals surface area contributed by atoms with Crippen molar-refractivity contribution >= 4 is 23.2 Å². The molecule has 2 aromatic carbocycles. The molecule has 0 heterocycles. The van der Waals surface area contributed by atoms with Crippen molar-refractivity contribution in [3.8, 4) is 0 Å². The van der Waals surface area contributed by atoms with E-state index in [1.54, 1.807) is 12.1 Å². The largest absolute Gasteiger partial charge is 0.207 e. The summed E-state index contributed by atoms with van der Waals surface area (Å²) in [5.41, 5.74) is 1.25. The van der Waals surface area contributed by atoms with Crippen LogP contribution in [0.4, 0.5) is 8.78 Å². The first-order valence-corrected chi connectivity index (χ1v) is 6.76. The predicted molar refractivity (Wildman–Crippen MR) is 75.0 cm³/mol. The maximum atomic E-state index is 13.6. The third kappa shape index (κ3) is 3.68. The van der Waals surface area contributed by atoms with E-state index in [0.717, 1.165) is 17.7 Å². The minimum absolute atomic E-state index is 0.100.